The molecular weight excluding hydrogens is 303 g/mol. The lowest BCUT2D eigenvalue weighted by Crippen LogP contribution is -2.32. The van der Waals surface area contributed by atoms with Crippen LogP contribution in [0.25, 0.3) is 0 Å². The van der Waals surface area contributed by atoms with Crippen molar-refractivity contribution in [3.8, 4) is 5.75 Å². The summed E-state index contributed by atoms with van der Waals surface area (Å²) in [6, 6.07) is 17.2. The van der Waals surface area contributed by atoms with Crippen molar-refractivity contribution in [3.63, 3.8) is 0 Å². The molecule has 0 atom stereocenters. The molecule has 0 aromatic heterocycles. The third-order valence-corrected chi connectivity index (χ3v) is 4.15. The summed E-state index contributed by atoms with van der Waals surface area (Å²) < 4.78 is 40.4. The summed E-state index contributed by atoms with van der Waals surface area (Å²) in [6.07, 6.45) is -2.67. The van der Waals surface area contributed by atoms with Crippen LogP contribution in [-0.2, 0) is 0 Å². The van der Waals surface area contributed by atoms with Crippen molar-refractivity contribution in [1.82, 2.24) is 0 Å². The standard InChI is InChI=1S/C18H17F3NO/c19-18(20,21)23-17-8-6-14(7-9-17)15-10-12-22(13-11-15)16-4-2-1-3-5-16/h2-9,15H,10-13H2. The predicted octanol–water partition coefficient (Wildman–Crippen LogP) is 4.77. The zero-order valence-electron chi connectivity index (χ0n) is 12.5. The summed E-state index contributed by atoms with van der Waals surface area (Å²) in [5, 5.41) is 0. The lowest BCUT2D eigenvalue weighted by molar-refractivity contribution is -0.274. The number of benzene rings is 2. The molecule has 0 aliphatic carbocycles. The Morgan fingerprint density at radius 2 is 1.57 bits per heavy atom. The van der Waals surface area contributed by atoms with E-state index in [0.717, 1.165) is 31.5 Å². The van der Waals surface area contributed by atoms with Crippen LogP contribution in [0.2, 0.25) is 0 Å². The second kappa shape index (κ2) is 6.52. The van der Waals surface area contributed by atoms with E-state index in [2.05, 4.69) is 15.7 Å². The quantitative estimate of drug-likeness (QED) is 0.808. The second-order valence-corrected chi connectivity index (χ2v) is 5.64. The molecule has 3 rings (SSSR count). The summed E-state index contributed by atoms with van der Waals surface area (Å²) in [5.41, 5.74) is 2.26. The van der Waals surface area contributed by atoms with Crippen LogP contribution >= 0.6 is 0 Å². The van der Waals surface area contributed by atoms with E-state index in [1.807, 2.05) is 24.3 Å². The summed E-state index contributed by atoms with van der Waals surface area (Å²) in [4.78, 5) is 2.32. The largest absolute Gasteiger partial charge is 0.573 e. The first-order valence-corrected chi connectivity index (χ1v) is 7.58. The van der Waals surface area contributed by atoms with Gasteiger partial charge in [0.2, 0.25) is 0 Å². The van der Waals surface area contributed by atoms with Crippen LogP contribution in [0.3, 0.4) is 0 Å². The van der Waals surface area contributed by atoms with E-state index in [1.165, 1.54) is 17.8 Å². The SMILES string of the molecule is FC(F)(F)Oc1ccc(C2CCN(c3cc[c]cc3)CC2)cc1. The number of alkyl halides is 3. The average Bonchev–Trinajstić information content (AvgIpc) is 2.55. The molecular formula is C18H17F3NO. The number of hydrogen-bond acceptors (Lipinski definition) is 2. The number of halogens is 3. The first-order chi connectivity index (χ1) is 11.0. The maximum absolute atomic E-state index is 12.2. The third kappa shape index (κ3) is 4.18. The molecule has 23 heavy (non-hydrogen) atoms. The highest BCUT2D eigenvalue weighted by Crippen LogP contribution is 2.32. The van der Waals surface area contributed by atoms with Crippen LogP contribution in [0.15, 0.2) is 48.5 Å². The summed E-state index contributed by atoms with van der Waals surface area (Å²) in [7, 11) is 0. The van der Waals surface area contributed by atoms with Gasteiger partial charge in [-0.3, -0.25) is 0 Å². The van der Waals surface area contributed by atoms with Crippen LogP contribution in [0.1, 0.15) is 24.3 Å². The Hall–Kier alpha value is -2.17. The molecule has 1 saturated heterocycles. The molecule has 2 aromatic rings. The highest BCUT2D eigenvalue weighted by atomic mass is 19.4. The summed E-state index contributed by atoms with van der Waals surface area (Å²) in [5.74, 6) is 0.209. The second-order valence-electron chi connectivity index (χ2n) is 5.64. The van der Waals surface area contributed by atoms with Gasteiger partial charge in [0.15, 0.2) is 0 Å². The molecule has 0 saturated carbocycles. The van der Waals surface area contributed by atoms with Gasteiger partial charge in [0.1, 0.15) is 5.75 Å². The van der Waals surface area contributed by atoms with Crippen LogP contribution in [0.5, 0.6) is 5.75 Å². The Morgan fingerprint density at radius 3 is 2.13 bits per heavy atom. The van der Waals surface area contributed by atoms with Crippen LogP contribution < -0.4 is 9.64 Å². The van der Waals surface area contributed by atoms with Crippen LogP contribution in [0, 0.1) is 6.07 Å². The minimum absolute atomic E-state index is 0.167. The van der Waals surface area contributed by atoms with Gasteiger partial charge in [-0.15, -0.1) is 13.2 Å². The zero-order valence-corrected chi connectivity index (χ0v) is 12.5. The molecule has 0 N–H and O–H groups in total. The van der Waals surface area contributed by atoms with Crippen molar-refractivity contribution in [1.29, 1.82) is 0 Å². The Balaban J connectivity index is 1.59. The molecule has 1 fully saturated rings. The fraction of sp³-hybridized carbons (Fsp3) is 0.333. The van der Waals surface area contributed by atoms with Crippen LogP contribution in [-0.4, -0.2) is 19.5 Å². The Kier molecular flexibility index (Phi) is 4.46. The molecule has 1 aliphatic heterocycles. The molecule has 0 bridgehead atoms. The zero-order chi connectivity index (χ0) is 16.3. The van der Waals surface area contributed by atoms with Crippen molar-refractivity contribution in [2.45, 2.75) is 25.1 Å². The number of ether oxygens (including phenoxy) is 1. The minimum atomic E-state index is -4.64. The number of piperidine rings is 1. The molecule has 2 aromatic carbocycles. The molecule has 1 radical (unpaired) electrons. The monoisotopic (exact) mass is 320 g/mol. The van der Waals surface area contributed by atoms with Gasteiger partial charge in [-0.1, -0.05) is 24.3 Å². The Morgan fingerprint density at radius 1 is 0.957 bits per heavy atom. The fourth-order valence-corrected chi connectivity index (χ4v) is 3.00. The number of rotatable bonds is 3. The van der Waals surface area contributed by atoms with Crippen molar-refractivity contribution < 1.29 is 17.9 Å². The van der Waals surface area contributed by atoms with Gasteiger partial charge in [0.25, 0.3) is 0 Å². The third-order valence-electron chi connectivity index (χ3n) is 4.15. The lowest BCUT2D eigenvalue weighted by atomic mass is 9.89. The maximum atomic E-state index is 12.2. The summed E-state index contributed by atoms with van der Waals surface area (Å²) >= 11 is 0. The molecule has 5 heteroatoms. The Bertz CT molecular complexity index is 617. The van der Waals surface area contributed by atoms with Gasteiger partial charge in [-0.25, -0.2) is 0 Å². The molecule has 0 amide bonds. The van der Waals surface area contributed by atoms with Crippen molar-refractivity contribution in [2.24, 2.45) is 0 Å². The van der Waals surface area contributed by atoms with E-state index in [1.54, 1.807) is 12.1 Å². The van der Waals surface area contributed by atoms with Gasteiger partial charge >= 0.3 is 6.36 Å². The van der Waals surface area contributed by atoms with Gasteiger partial charge in [0.05, 0.1) is 0 Å². The first kappa shape index (κ1) is 15.7. The number of anilines is 1. The first-order valence-electron chi connectivity index (χ1n) is 7.58. The van der Waals surface area contributed by atoms with E-state index in [9.17, 15) is 13.2 Å². The van der Waals surface area contributed by atoms with Crippen molar-refractivity contribution >= 4 is 5.69 Å². The molecule has 2 nitrogen and oxygen atoms in total. The summed E-state index contributed by atoms with van der Waals surface area (Å²) in [6.45, 7) is 1.88. The normalized spacial score (nSPS) is 16.4. The van der Waals surface area contributed by atoms with E-state index < -0.39 is 6.36 Å². The molecule has 1 aliphatic rings. The van der Waals surface area contributed by atoms with Gasteiger partial charge < -0.3 is 9.64 Å². The number of nitrogens with zero attached hydrogens (tertiary/aromatic N) is 1. The minimum Gasteiger partial charge on any atom is -0.406 e. The maximum Gasteiger partial charge on any atom is 0.573 e. The van der Waals surface area contributed by atoms with Crippen molar-refractivity contribution in [2.75, 3.05) is 18.0 Å². The highest BCUT2D eigenvalue weighted by molar-refractivity contribution is 5.46. The van der Waals surface area contributed by atoms with Gasteiger partial charge in [0, 0.05) is 18.8 Å². The van der Waals surface area contributed by atoms with Gasteiger partial charge in [-0.05, 0) is 54.7 Å². The van der Waals surface area contributed by atoms with E-state index >= 15 is 0 Å². The topological polar surface area (TPSA) is 12.5 Å². The number of hydrogen-bond donors (Lipinski definition) is 0. The molecule has 0 unspecified atom stereocenters. The van der Waals surface area contributed by atoms with E-state index in [0.29, 0.717) is 5.92 Å². The molecule has 0 spiro atoms. The van der Waals surface area contributed by atoms with E-state index in [4.69, 9.17) is 0 Å². The predicted molar refractivity (Wildman–Crippen MR) is 82.6 cm³/mol. The van der Waals surface area contributed by atoms with Gasteiger partial charge in [-0.2, -0.15) is 0 Å². The average molecular weight is 320 g/mol. The van der Waals surface area contributed by atoms with Crippen molar-refractivity contribution in [3.05, 3.63) is 60.2 Å². The highest BCUT2D eigenvalue weighted by Gasteiger charge is 2.31. The van der Waals surface area contributed by atoms with Crippen LogP contribution in [0.4, 0.5) is 18.9 Å². The fourth-order valence-electron chi connectivity index (χ4n) is 3.00. The van der Waals surface area contributed by atoms with E-state index in [-0.39, 0.29) is 5.75 Å². The molecule has 121 valence electrons. The molecule has 1 heterocycles. The lowest BCUT2D eigenvalue weighted by Gasteiger charge is -2.33. The smallest absolute Gasteiger partial charge is 0.406 e. The Labute approximate surface area is 133 Å².